The summed E-state index contributed by atoms with van der Waals surface area (Å²) in [5.74, 6) is -0.997. The highest BCUT2D eigenvalue weighted by atomic mass is 16.5. The molecule has 7 heteroatoms. The predicted octanol–water partition coefficient (Wildman–Crippen LogP) is 3.27. The fraction of sp³-hybridized carbons (Fsp3) is 0.182. The maximum absolute atomic E-state index is 12.6. The molecule has 144 valence electrons. The molecule has 1 aromatic carbocycles. The Kier molecular flexibility index (Phi) is 5.61. The number of hydrogen-bond donors (Lipinski definition) is 1. The molecule has 1 aromatic heterocycles. The van der Waals surface area contributed by atoms with Gasteiger partial charge in [0.05, 0.1) is 18.1 Å². The Hall–Kier alpha value is -4.10. The zero-order chi connectivity index (χ0) is 21.0. The third-order valence-electron chi connectivity index (χ3n) is 4.57. The van der Waals surface area contributed by atoms with E-state index in [-0.39, 0.29) is 23.6 Å². The van der Waals surface area contributed by atoms with E-state index >= 15 is 0 Å². The number of nitrogens with two attached hydrogens (primary N) is 1. The van der Waals surface area contributed by atoms with E-state index < -0.39 is 11.9 Å². The summed E-state index contributed by atoms with van der Waals surface area (Å²) in [6.07, 6.45) is 1.56. The molecule has 1 aliphatic rings. The number of allylic oxidation sites excluding steroid dienone is 2. The molecule has 2 aromatic rings. The smallest absolute Gasteiger partial charge is 0.338 e. The summed E-state index contributed by atoms with van der Waals surface area (Å²) >= 11 is 0. The maximum atomic E-state index is 12.6. The van der Waals surface area contributed by atoms with Gasteiger partial charge in [0.2, 0.25) is 5.88 Å². The first-order valence-corrected chi connectivity index (χ1v) is 8.92. The van der Waals surface area contributed by atoms with Gasteiger partial charge < -0.3 is 15.2 Å². The second-order valence-electron chi connectivity index (χ2n) is 6.25. The number of rotatable bonds is 4. The molecular weight excluding hydrogens is 368 g/mol. The minimum atomic E-state index is -0.703. The van der Waals surface area contributed by atoms with Crippen molar-refractivity contribution >= 4 is 5.97 Å². The molecule has 1 unspecified atom stereocenters. The van der Waals surface area contributed by atoms with Crippen molar-refractivity contribution in [3.63, 3.8) is 0 Å². The quantitative estimate of drug-likeness (QED) is 0.800. The van der Waals surface area contributed by atoms with Crippen molar-refractivity contribution in [2.75, 3.05) is 6.61 Å². The first kappa shape index (κ1) is 19.7. The molecule has 0 fully saturated rings. The summed E-state index contributed by atoms with van der Waals surface area (Å²) in [5, 5.41) is 18.9. The molecule has 0 bridgehead atoms. The van der Waals surface area contributed by atoms with Gasteiger partial charge in [-0.3, -0.25) is 0 Å². The van der Waals surface area contributed by atoms with Gasteiger partial charge in [0.25, 0.3) is 0 Å². The highest BCUT2D eigenvalue weighted by molar-refractivity contribution is 5.92. The van der Waals surface area contributed by atoms with Gasteiger partial charge in [-0.1, -0.05) is 24.3 Å². The van der Waals surface area contributed by atoms with Gasteiger partial charge >= 0.3 is 5.97 Å². The van der Waals surface area contributed by atoms with Gasteiger partial charge in [0, 0.05) is 11.8 Å². The molecular formula is C22H18N4O3. The van der Waals surface area contributed by atoms with E-state index in [9.17, 15) is 15.3 Å². The second-order valence-corrected chi connectivity index (χ2v) is 6.25. The Morgan fingerprint density at radius 2 is 1.97 bits per heavy atom. The van der Waals surface area contributed by atoms with E-state index in [2.05, 4.69) is 11.1 Å². The molecule has 2 heterocycles. The van der Waals surface area contributed by atoms with E-state index in [4.69, 9.17) is 15.2 Å². The van der Waals surface area contributed by atoms with Gasteiger partial charge in [0.1, 0.15) is 29.2 Å². The van der Waals surface area contributed by atoms with Crippen molar-refractivity contribution in [2.45, 2.75) is 19.8 Å². The summed E-state index contributed by atoms with van der Waals surface area (Å²) in [7, 11) is 0. The Balaban J connectivity index is 2.08. The lowest BCUT2D eigenvalue weighted by Gasteiger charge is -2.27. The summed E-state index contributed by atoms with van der Waals surface area (Å²) in [6, 6.07) is 14.9. The fourth-order valence-electron chi connectivity index (χ4n) is 3.27. The molecule has 3 rings (SSSR count). The number of carbonyl (C=O) groups is 1. The number of aromatic nitrogens is 1. The Bertz CT molecular complexity index is 1100. The molecule has 0 saturated carbocycles. The highest BCUT2D eigenvalue weighted by Gasteiger charge is 2.36. The maximum Gasteiger partial charge on any atom is 0.338 e. The molecule has 0 aliphatic carbocycles. The van der Waals surface area contributed by atoms with Crippen LogP contribution in [0.4, 0.5) is 0 Å². The lowest BCUT2D eigenvalue weighted by Crippen LogP contribution is -2.25. The van der Waals surface area contributed by atoms with Crippen molar-refractivity contribution in [1.82, 2.24) is 4.98 Å². The van der Waals surface area contributed by atoms with Crippen LogP contribution in [-0.4, -0.2) is 17.6 Å². The second kappa shape index (κ2) is 8.28. The number of nitriles is 2. The van der Waals surface area contributed by atoms with Crippen LogP contribution in [0.15, 0.2) is 65.4 Å². The van der Waals surface area contributed by atoms with Crippen LogP contribution in [0.1, 0.15) is 31.0 Å². The van der Waals surface area contributed by atoms with E-state index in [1.54, 1.807) is 38.2 Å². The van der Waals surface area contributed by atoms with Crippen LogP contribution in [-0.2, 0) is 14.3 Å². The predicted molar refractivity (Wildman–Crippen MR) is 104 cm³/mol. The number of hydrogen-bond acceptors (Lipinski definition) is 7. The van der Waals surface area contributed by atoms with Crippen molar-refractivity contribution in [3.8, 4) is 23.3 Å². The summed E-state index contributed by atoms with van der Waals surface area (Å²) in [4.78, 5) is 16.6. The lowest BCUT2D eigenvalue weighted by atomic mass is 9.82. The molecule has 0 saturated heterocycles. The van der Waals surface area contributed by atoms with E-state index in [1.807, 2.05) is 24.3 Å². The van der Waals surface area contributed by atoms with Crippen LogP contribution in [0.3, 0.4) is 0 Å². The molecule has 2 N–H and O–H groups in total. The van der Waals surface area contributed by atoms with Gasteiger partial charge in [-0.2, -0.15) is 10.5 Å². The van der Waals surface area contributed by atoms with Crippen molar-refractivity contribution in [3.05, 3.63) is 76.6 Å². The molecule has 7 nitrogen and oxygen atoms in total. The number of ether oxygens (including phenoxy) is 2. The van der Waals surface area contributed by atoms with E-state index in [1.165, 1.54) is 0 Å². The standard InChI is InChI=1S/C22H18N4O3/c1-3-28-22(27)19-13(2)29-21(25)17(11-23)20(19)15-8-6-14(7-9-15)16-5-4-10-26-18(16)12-24/h4-10,20H,3,25H2,1-2H3. The number of nitrogens with zero attached hydrogens (tertiary/aromatic N) is 3. The average molecular weight is 386 g/mol. The zero-order valence-electron chi connectivity index (χ0n) is 16.0. The Morgan fingerprint density at radius 1 is 1.24 bits per heavy atom. The topological polar surface area (TPSA) is 122 Å². The molecule has 1 aliphatic heterocycles. The van der Waals surface area contributed by atoms with Crippen LogP contribution in [0.25, 0.3) is 11.1 Å². The summed E-state index contributed by atoms with van der Waals surface area (Å²) in [5.41, 5.74) is 8.78. The van der Waals surface area contributed by atoms with E-state index in [0.29, 0.717) is 22.6 Å². The fourth-order valence-corrected chi connectivity index (χ4v) is 3.27. The normalized spacial score (nSPS) is 15.9. The number of esters is 1. The minimum Gasteiger partial charge on any atom is -0.463 e. The van der Waals surface area contributed by atoms with Crippen LogP contribution < -0.4 is 5.73 Å². The summed E-state index contributed by atoms with van der Waals surface area (Å²) < 4.78 is 10.6. The number of benzene rings is 1. The Morgan fingerprint density at radius 3 is 2.59 bits per heavy atom. The number of pyridine rings is 1. The minimum absolute atomic E-state index is 0.0360. The molecule has 0 amide bonds. The molecule has 0 radical (unpaired) electrons. The highest BCUT2D eigenvalue weighted by Crippen LogP contribution is 2.40. The van der Waals surface area contributed by atoms with Gasteiger partial charge in [-0.25, -0.2) is 9.78 Å². The summed E-state index contributed by atoms with van der Waals surface area (Å²) in [6.45, 7) is 3.52. The van der Waals surface area contributed by atoms with Crippen LogP contribution in [0, 0.1) is 22.7 Å². The van der Waals surface area contributed by atoms with E-state index in [0.717, 1.165) is 5.56 Å². The van der Waals surface area contributed by atoms with Gasteiger partial charge in [-0.15, -0.1) is 0 Å². The zero-order valence-corrected chi connectivity index (χ0v) is 16.0. The SMILES string of the molecule is CCOC(=O)C1=C(C)OC(N)=C(C#N)C1c1ccc(-c2cccnc2C#N)cc1. The molecule has 29 heavy (non-hydrogen) atoms. The molecule has 1 atom stereocenters. The van der Waals surface area contributed by atoms with Crippen molar-refractivity contribution in [2.24, 2.45) is 5.73 Å². The average Bonchev–Trinajstić information content (AvgIpc) is 2.73. The largest absolute Gasteiger partial charge is 0.463 e. The van der Waals surface area contributed by atoms with Crippen LogP contribution in [0.2, 0.25) is 0 Å². The third-order valence-corrected chi connectivity index (χ3v) is 4.57. The van der Waals surface area contributed by atoms with Gasteiger partial charge in [0.15, 0.2) is 0 Å². The number of carbonyl (C=O) groups excluding carboxylic acids is 1. The van der Waals surface area contributed by atoms with Crippen molar-refractivity contribution in [1.29, 1.82) is 10.5 Å². The lowest BCUT2D eigenvalue weighted by molar-refractivity contribution is -0.139. The molecule has 0 spiro atoms. The van der Waals surface area contributed by atoms with Crippen LogP contribution >= 0.6 is 0 Å². The monoisotopic (exact) mass is 386 g/mol. The van der Waals surface area contributed by atoms with Crippen molar-refractivity contribution < 1.29 is 14.3 Å². The first-order valence-electron chi connectivity index (χ1n) is 8.92. The third kappa shape index (κ3) is 3.67. The van der Waals surface area contributed by atoms with Crippen LogP contribution in [0.5, 0.6) is 0 Å². The van der Waals surface area contributed by atoms with Gasteiger partial charge in [-0.05, 0) is 37.1 Å². The first-order chi connectivity index (χ1) is 14.0. The Labute approximate surface area is 168 Å².